The number of amides is 1. The molecule has 2 aromatic rings. The molecule has 0 saturated heterocycles. The third kappa shape index (κ3) is 1.79. The summed E-state index contributed by atoms with van der Waals surface area (Å²) in [7, 11) is 0. The first-order chi connectivity index (χ1) is 7.18. The van der Waals surface area contributed by atoms with E-state index in [1.807, 2.05) is 0 Å². The monoisotopic (exact) mass is 204 g/mol. The molecule has 0 spiro atoms. The van der Waals surface area contributed by atoms with Crippen LogP contribution in [0.5, 0.6) is 0 Å². The van der Waals surface area contributed by atoms with Gasteiger partial charge in [0.2, 0.25) is 5.91 Å². The van der Waals surface area contributed by atoms with Crippen molar-refractivity contribution in [2.45, 2.75) is 6.92 Å². The van der Waals surface area contributed by atoms with Crippen molar-refractivity contribution in [3.63, 3.8) is 0 Å². The first-order valence-corrected chi connectivity index (χ1v) is 4.49. The second-order valence-corrected chi connectivity index (χ2v) is 3.18. The lowest BCUT2D eigenvalue weighted by Crippen LogP contribution is -2.06. The van der Waals surface area contributed by atoms with Gasteiger partial charge in [0.1, 0.15) is 11.3 Å². The van der Waals surface area contributed by atoms with Crippen LogP contribution in [0.15, 0.2) is 30.5 Å². The van der Waals surface area contributed by atoms with E-state index in [0.717, 1.165) is 0 Å². The number of halogens is 1. The summed E-state index contributed by atoms with van der Waals surface area (Å²) in [5.74, 6) is -0.577. The predicted molar refractivity (Wildman–Crippen MR) is 56.0 cm³/mol. The molecular weight excluding hydrogens is 195 g/mol. The highest BCUT2D eigenvalue weighted by molar-refractivity contribution is 5.99. The lowest BCUT2D eigenvalue weighted by Gasteiger charge is -2.06. The molecule has 0 aliphatic heterocycles. The third-order valence-electron chi connectivity index (χ3n) is 2.03. The second kappa shape index (κ2) is 3.65. The van der Waals surface area contributed by atoms with Gasteiger partial charge in [-0.2, -0.15) is 0 Å². The SMILES string of the molecule is CC(=O)Nc1ccnc2c(F)cccc12. The molecule has 15 heavy (non-hydrogen) atoms. The number of benzene rings is 1. The maximum atomic E-state index is 13.3. The summed E-state index contributed by atoms with van der Waals surface area (Å²) in [5.41, 5.74) is 0.843. The van der Waals surface area contributed by atoms with Gasteiger partial charge in [0.25, 0.3) is 0 Å². The molecule has 0 fully saturated rings. The van der Waals surface area contributed by atoms with Crippen LogP contribution in [-0.2, 0) is 4.79 Å². The minimum atomic E-state index is -0.389. The molecule has 1 heterocycles. The van der Waals surface area contributed by atoms with E-state index in [-0.39, 0.29) is 17.2 Å². The van der Waals surface area contributed by atoms with Crippen molar-refractivity contribution in [1.82, 2.24) is 4.98 Å². The second-order valence-electron chi connectivity index (χ2n) is 3.18. The van der Waals surface area contributed by atoms with Crippen LogP contribution in [0.2, 0.25) is 0 Å². The number of hydrogen-bond donors (Lipinski definition) is 1. The number of para-hydroxylation sites is 1. The van der Waals surface area contributed by atoms with Crippen LogP contribution in [0.25, 0.3) is 10.9 Å². The van der Waals surface area contributed by atoms with E-state index in [1.165, 1.54) is 19.2 Å². The van der Waals surface area contributed by atoms with Gasteiger partial charge in [-0.25, -0.2) is 4.39 Å². The molecule has 2 rings (SSSR count). The Hall–Kier alpha value is -1.97. The van der Waals surface area contributed by atoms with Gasteiger partial charge in [0, 0.05) is 18.5 Å². The maximum Gasteiger partial charge on any atom is 0.221 e. The highest BCUT2D eigenvalue weighted by Gasteiger charge is 2.06. The normalized spacial score (nSPS) is 10.3. The maximum absolute atomic E-state index is 13.3. The molecule has 0 bridgehead atoms. The smallest absolute Gasteiger partial charge is 0.221 e. The fourth-order valence-corrected chi connectivity index (χ4v) is 1.44. The van der Waals surface area contributed by atoms with E-state index in [0.29, 0.717) is 11.1 Å². The average Bonchev–Trinajstić information content (AvgIpc) is 2.19. The minimum absolute atomic E-state index is 0.188. The Labute approximate surface area is 85.9 Å². The number of hydrogen-bond acceptors (Lipinski definition) is 2. The fourth-order valence-electron chi connectivity index (χ4n) is 1.44. The fraction of sp³-hybridized carbons (Fsp3) is 0.0909. The van der Waals surface area contributed by atoms with Crippen molar-refractivity contribution >= 4 is 22.5 Å². The van der Waals surface area contributed by atoms with Crippen molar-refractivity contribution < 1.29 is 9.18 Å². The predicted octanol–water partition coefficient (Wildman–Crippen LogP) is 2.33. The number of aromatic nitrogens is 1. The van der Waals surface area contributed by atoms with Gasteiger partial charge in [-0.05, 0) is 12.1 Å². The van der Waals surface area contributed by atoms with Crippen LogP contribution in [0.4, 0.5) is 10.1 Å². The Kier molecular flexibility index (Phi) is 2.33. The van der Waals surface area contributed by atoms with Gasteiger partial charge < -0.3 is 5.32 Å². The summed E-state index contributed by atoms with van der Waals surface area (Å²) in [5, 5.41) is 3.23. The first-order valence-electron chi connectivity index (χ1n) is 4.49. The summed E-state index contributed by atoms with van der Waals surface area (Å²) in [6, 6.07) is 6.29. The van der Waals surface area contributed by atoms with Crippen LogP contribution in [0, 0.1) is 5.82 Å². The molecule has 0 unspecified atom stereocenters. The summed E-state index contributed by atoms with van der Waals surface area (Å²) in [4.78, 5) is 14.8. The highest BCUT2D eigenvalue weighted by Crippen LogP contribution is 2.22. The number of nitrogens with zero attached hydrogens (tertiary/aromatic N) is 1. The van der Waals surface area contributed by atoms with Crippen molar-refractivity contribution in [3.05, 3.63) is 36.3 Å². The highest BCUT2D eigenvalue weighted by atomic mass is 19.1. The van der Waals surface area contributed by atoms with Gasteiger partial charge in [-0.1, -0.05) is 12.1 Å². The average molecular weight is 204 g/mol. The molecule has 1 aromatic heterocycles. The Morgan fingerprint density at radius 2 is 2.20 bits per heavy atom. The van der Waals surface area contributed by atoms with Crippen LogP contribution in [0.3, 0.4) is 0 Å². The topological polar surface area (TPSA) is 42.0 Å². The van der Waals surface area contributed by atoms with Crippen molar-refractivity contribution in [2.75, 3.05) is 5.32 Å². The Morgan fingerprint density at radius 1 is 1.40 bits per heavy atom. The largest absolute Gasteiger partial charge is 0.326 e. The lowest BCUT2D eigenvalue weighted by molar-refractivity contribution is -0.114. The van der Waals surface area contributed by atoms with E-state index in [4.69, 9.17) is 0 Å². The van der Waals surface area contributed by atoms with Crippen LogP contribution < -0.4 is 5.32 Å². The summed E-state index contributed by atoms with van der Waals surface area (Å²) in [6.07, 6.45) is 1.47. The molecule has 0 saturated carbocycles. The van der Waals surface area contributed by atoms with Crippen LogP contribution in [-0.4, -0.2) is 10.9 Å². The molecular formula is C11H9FN2O. The van der Waals surface area contributed by atoms with Gasteiger partial charge in [-0.15, -0.1) is 0 Å². The molecule has 3 nitrogen and oxygen atoms in total. The molecule has 0 radical (unpaired) electrons. The zero-order valence-corrected chi connectivity index (χ0v) is 8.12. The standard InChI is InChI=1S/C11H9FN2O/c1-7(15)14-10-5-6-13-11-8(10)3-2-4-9(11)12/h2-6H,1H3,(H,13,14,15). The zero-order valence-electron chi connectivity index (χ0n) is 8.12. The van der Waals surface area contributed by atoms with Crippen molar-refractivity contribution in [3.8, 4) is 0 Å². The number of rotatable bonds is 1. The van der Waals surface area contributed by atoms with Crippen LogP contribution in [0.1, 0.15) is 6.92 Å². The zero-order chi connectivity index (χ0) is 10.8. The molecule has 1 N–H and O–H groups in total. The number of anilines is 1. The number of carbonyl (C=O) groups excluding carboxylic acids is 1. The van der Waals surface area contributed by atoms with E-state index in [9.17, 15) is 9.18 Å². The Morgan fingerprint density at radius 3 is 2.93 bits per heavy atom. The molecule has 1 amide bonds. The molecule has 0 aliphatic rings. The van der Waals surface area contributed by atoms with Crippen molar-refractivity contribution in [2.24, 2.45) is 0 Å². The molecule has 0 atom stereocenters. The van der Waals surface area contributed by atoms with Crippen molar-refractivity contribution in [1.29, 1.82) is 0 Å². The molecule has 4 heteroatoms. The molecule has 0 aliphatic carbocycles. The molecule has 1 aromatic carbocycles. The lowest BCUT2D eigenvalue weighted by atomic mass is 10.2. The van der Waals surface area contributed by atoms with Gasteiger partial charge in [0.05, 0.1) is 5.69 Å². The summed E-state index contributed by atoms with van der Waals surface area (Å²) >= 11 is 0. The van der Waals surface area contributed by atoms with Gasteiger partial charge in [0.15, 0.2) is 0 Å². The Bertz CT molecular complexity index is 525. The van der Waals surface area contributed by atoms with Gasteiger partial charge >= 0.3 is 0 Å². The third-order valence-corrected chi connectivity index (χ3v) is 2.03. The number of fused-ring (bicyclic) bond motifs is 1. The van der Waals surface area contributed by atoms with E-state index in [2.05, 4.69) is 10.3 Å². The summed E-state index contributed by atoms with van der Waals surface area (Å²) < 4.78 is 13.3. The Balaban J connectivity index is 2.65. The first kappa shape index (κ1) is 9.58. The van der Waals surface area contributed by atoms with E-state index >= 15 is 0 Å². The quantitative estimate of drug-likeness (QED) is 0.774. The van der Waals surface area contributed by atoms with E-state index < -0.39 is 0 Å². The molecule has 76 valence electrons. The number of pyridine rings is 1. The van der Waals surface area contributed by atoms with Gasteiger partial charge in [-0.3, -0.25) is 9.78 Å². The number of carbonyl (C=O) groups is 1. The minimum Gasteiger partial charge on any atom is -0.326 e. The van der Waals surface area contributed by atoms with Crippen LogP contribution >= 0.6 is 0 Å². The summed E-state index contributed by atoms with van der Waals surface area (Å²) in [6.45, 7) is 1.41. The number of nitrogens with one attached hydrogen (secondary N) is 1. The van der Waals surface area contributed by atoms with E-state index in [1.54, 1.807) is 18.2 Å².